The predicted octanol–water partition coefficient (Wildman–Crippen LogP) is 2.52. The van der Waals surface area contributed by atoms with Crippen molar-refractivity contribution in [3.63, 3.8) is 0 Å². The quantitative estimate of drug-likeness (QED) is 0.757. The molecule has 0 atom stereocenters. The van der Waals surface area contributed by atoms with Crippen LogP contribution in [0.2, 0.25) is 0 Å². The van der Waals surface area contributed by atoms with Gasteiger partial charge in [0.2, 0.25) is 0 Å². The van der Waals surface area contributed by atoms with E-state index in [2.05, 4.69) is 5.32 Å². The van der Waals surface area contributed by atoms with Crippen LogP contribution in [0.4, 0.5) is 4.39 Å². The Hall–Kier alpha value is -2.56. The van der Waals surface area contributed by atoms with Crippen LogP contribution in [0.15, 0.2) is 36.4 Å². The molecule has 0 aromatic heterocycles. The topological polar surface area (TPSA) is 69.6 Å². The number of hydrogen-bond acceptors (Lipinski definition) is 3. The molecule has 0 bridgehead atoms. The van der Waals surface area contributed by atoms with Gasteiger partial charge < -0.3 is 15.5 Å². The molecule has 0 aliphatic heterocycles. The van der Waals surface area contributed by atoms with E-state index in [4.69, 9.17) is 0 Å². The fourth-order valence-electron chi connectivity index (χ4n) is 2.04. The summed E-state index contributed by atoms with van der Waals surface area (Å²) in [5.74, 6) is -1.16. The zero-order valence-corrected chi connectivity index (χ0v) is 11.6. The standard InChI is InChI=1S/C16H16FNO3/c1-10-7-14(19)15(20)9-11(10)5-6-18-16(21)12-3-2-4-13(17)8-12/h2-4,7-9,19-20H,5-6H2,1H3,(H,18,21). The minimum Gasteiger partial charge on any atom is -0.504 e. The number of phenolic OH excluding ortho intramolecular Hbond substituents is 2. The highest BCUT2D eigenvalue weighted by molar-refractivity contribution is 5.94. The van der Waals surface area contributed by atoms with Crippen molar-refractivity contribution >= 4 is 5.91 Å². The van der Waals surface area contributed by atoms with Crippen LogP contribution in [0.3, 0.4) is 0 Å². The molecule has 5 heteroatoms. The van der Waals surface area contributed by atoms with Crippen molar-refractivity contribution in [1.82, 2.24) is 5.32 Å². The molecule has 1 amide bonds. The number of hydrogen-bond donors (Lipinski definition) is 3. The van der Waals surface area contributed by atoms with Crippen molar-refractivity contribution in [3.8, 4) is 11.5 Å². The average molecular weight is 289 g/mol. The maximum atomic E-state index is 13.0. The van der Waals surface area contributed by atoms with Crippen LogP contribution in [-0.4, -0.2) is 22.7 Å². The van der Waals surface area contributed by atoms with Crippen molar-refractivity contribution < 1.29 is 19.4 Å². The number of aryl methyl sites for hydroxylation is 1. The summed E-state index contributed by atoms with van der Waals surface area (Å²) >= 11 is 0. The molecule has 0 fully saturated rings. The first-order chi connectivity index (χ1) is 9.97. The number of amides is 1. The highest BCUT2D eigenvalue weighted by atomic mass is 19.1. The van der Waals surface area contributed by atoms with Gasteiger partial charge in [-0.05, 0) is 54.8 Å². The number of aromatic hydroxyl groups is 2. The van der Waals surface area contributed by atoms with E-state index in [0.29, 0.717) is 13.0 Å². The van der Waals surface area contributed by atoms with Gasteiger partial charge in [-0.25, -0.2) is 4.39 Å². The summed E-state index contributed by atoms with van der Waals surface area (Å²) in [5.41, 5.74) is 1.91. The molecule has 2 aromatic carbocycles. The van der Waals surface area contributed by atoms with Gasteiger partial charge in [0, 0.05) is 12.1 Å². The lowest BCUT2D eigenvalue weighted by molar-refractivity contribution is 0.0953. The minimum absolute atomic E-state index is 0.167. The van der Waals surface area contributed by atoms with Crippen LogP contribution in [0.25, 0.3) is 0 Å². The van der Waals surface area contributed by atoms with Crippen molar-refractivity contribution in [1.29, 1.82) is 0 Å². The summed E-state index contributed by atoms with van der Waals surface area (Å²) in [6.45, 7) is 2.16. The first-order valence-electron chi connectivity index (χ1n) is 6.52. The van der Waals surface area contributed by atoms with Crippen LogP contribution in [0, 0.1) is 12.7 Å². The predicted molar refractivity (Wildman–Crippen MR) is 76.9 cm³/mol. The number of nitrogens with one attached hydrogen (secondary N) is 1. The van der Waals surface area contributed by atoms with Crippen LogP contribution >= 0.6 is 0 Å². The molecule has 0 saturated heterocycles. The van der Waals surface area contributed by atoms with Gasteiger partial charge in [-0.1, -0.05) is 6.07 Å². The van der Waals surface area contributed by atoms with Crippen molar-refractivity contribution in [2.75, 3.05) is 6.54 Å². The van der Waals surface area contributed by atoms with Gasteiger partial charge in [0.1, 0.15) is 5.82 Å². The number of rotatable bonds is 4. The van der Waals surface area contributed by atoms with E-state index in [9.17, 15) is 19.4 Å². The lowest BCUT2D eigenvalue weighted by atomic mass is 10.0. The van der Waals surface area contributed by atoms with Gasteiger partial charge >= 0.3 is 0 Å². The van der Waals surface area contributed by atoms with Crippen molar-refractivity contribution in [3.05, 3.63) is 58.9 Å². The Kier molecular flexibility index (Phi) is 4.42. The zero-order chi connectivity index (χ0) is 15.4. The largest absolute Gasteiger partial charge is 0.504 e. The third kappa shape index (κ3) is 3.72. The highest BCUT2D eigenvalue weighted by Gasteiger charge is 2.08. The van der Waals surface area contributed by atoms with Crippen LogP contribution in [0.1, 0.15) is 21.5 Å². The maximum absolute atomic E-state index is 13.0. The third-order valence-electron chi connectivity index (χ3n) is 3.20. The Morgan fingerprint density at radius 2 is 1.90 bits per heavy atom. The Labute approximate surface area is 121 Å². The molecule has 0 heterocycles. The van der Waals surface area contributed by atoms with E-state index in [1.54, 1.807) is 0 Å². The number of benzene rings is 2. The molecule has 0 spiro atoms. The molecule has 3 N–H and O–H groups in total. The van der Waals surface area contributed by atoms with Crippen LogP contribution in [0.5, 0.6) is 11.5 Å². The molecule has 21 heavy (non-hydrogen) atoms. The second kappa shape index (κ2) is 6.26. The second-order valence-corrected chi connectivity index (χ2v) is 4.78. The Bertz CT molecular complexity index is 671. The summed E-state index contributed by atoms with van der Waals surface area (Å²) in [7, 11) is 0. The molecule has 0 unspecified atom stereocenters. The molecule has 110 valence electrons. The van der Waals surface area contributed by atoms with E-state index in [-0.39, 0.29) is 23.0 Å². The van der Waals surface area contributed by atoms with Gasteiger partial charge in [0.05, 0.1) is 0 Å². The SMILES string of the molecule is Cc1cc(O)c(O)cc1CCNC(=O)c1cccc(F)c1. The molecule has 0 aliphatic carbocycles. The lowest BCUT2D eigenvalue weighted by Gasteiger charge is -2.09. The number of carbonyl (C=O) groups is 1. The van der Waals surface area contributed by atoms with Gasteiger partial charge in [-0.2, -0.15) is 0 Å². The molecular weight excluding hydrogens is 273 g/mol. The second-order valence-electron chi connectivity index (χ2n) is 4.78. The number of phenols is 2. The van der Waals surface area contributed by atoms with E-state index < -0.39 is 5.82 Å². The molecule has 0 aliphatic rings. The summed E-state index contributed by atoms with van der Waals surface area (Å²) in [4.78, 5) is 11.8. The van der Waals surface area contributed by atoms with Gasteiger partial charge in [-0.3, -0.25) is 4.79 Å². The van der Waals surface area contributed by atoms with Crippen molar-refractivity contribution in [2.24, 2.45) is 0 Å². The smallest absolute Gasteiger partial charge is 0.251 e. The molecule has 0 radical (unpaired) electrons. The fraction of sp³-hybridized carbons (Fsp3) is 0.188. The minimum atomic E-state index is -0.457. The highest BCUT2D eigenvalue weighted by Crippen LogP contribution is 2.28. The Morgan fingerprint density at radius 3 is 2.62 bits per heavy atom. The number of halogens is 1. The monoisotopic (exact) mass is 289 g/mol. The molecule has 4 nitrogen and oxygen atoms in total. The van der Waals surface area contributed by atoms with Crippen molar-refractivity contribution in [2.45, 2.75) is 13.3 Å². The zero-order valence-electron chi connectivity index (χ0n) is 11.6. The van der Waals surface area contributed by atoms with Crippen LogP contribution in [-0.2, 0) is 6.42 Å². The van der Waals surface area contributed by atoms with Gasteiger partial charge in [-0.15, -0.1) is 0 Å². The van der Waals surface area contributed by atoms with E-state index in [0.717, 1.165) is 11.1 Å². The van der Waals surface area contributed by atoms with Crippen LogP contribution < -0.4 is 5.32 Å². The molecule has 2 rings (SSSR count). The summed E-state index contributed by atoms with van der Waals surface area (Å²) in [5, 5.41) is 21.5. The van der Waals surface area contributed by atoms with Gasteiger partial charge in [0.15, 0.2) is 11.5 Å². The van der Waals surface area contributed by atoms with Gasteiger partial charge in [0.25, 0.3) is 5.91 Å². The van der Waals surface area contributed by atoms with E-state index in [1.807, 2.05) is 6.92 Å². The Morgan fingerprint density at radius 1 is 1.19 bits per heavy atom. The summed E-state index contributed by atoms with van der Waals surface area (Å²) < 4.78 is 13.0. The normalized spacial score (nSPS) is 10.4. The maximum Gasteiger partial charge on any atom is 0.251 e. The first-order valence-corrected chi connectivity index (χ1v) is 6.52. The lowest BCUT2D eigenvalue weighted by Crippen LogP contribution is -2.25. The molecule has 2 aromatic rings. The molecule has 0 saturated carbocycles. The first kappa shape index (κ1) is 14.8. The number of carbonyl (C=O) groups excluding carboxylic acids is 1. The summed E-state index contributed by atoms with van der Waals surface area (Å²) in [6.07, 6.45) is 0.501. The molecular formula is C16H16FNO3. The summed E-state index contributed by atoms with van der Waals surface area (Å²) in [6, 6.07) is 8.41. The fourth-order valence-corrected chi connectivity index (χ4v) is 2.04. The third-order valence-corrected chi connectivity index (χ3v) is 3.20. The van der Waals surface area contributed by atoms with E-state index >= 15 is 0 Å². The Balaban J connectivity index is 1.96. The average Bonchev–Trinajstić information content (AvgIpc) is 2.44. The van der Waals surface area contributed by atoms with E-state index in [1.165, 1.54) is 36.4 Å².